The Labute approximate surface area is 182 Å². The number of benzene rings is 2. The molecule has 0 aliphatic carbocycles. The van der Waals surface area contributed by atoms with Crippen LogP contribution in [0.3, 0.4) is 0 Å². The monoisotopic (exact) mass is 445 g/mol. The summed E-state index contributed by atoms with van der Waals surface area (Å²) in [6, 6.07) is 13.7. The number of nitrogens with zero attached hydrogens (tertiary/aromatic N) is 2. The summed E-state index contributed by atoms with van der Waals surface area (Å²) in [5.74, 6) is -1.22. The molecule has 1 heterocycles. The minimum atomic E-state index is -3.82. The van der Waals surface area contributed by atoms with E-state index in [9.17, 15) is 18.0 Å². The van der Waals surface area contributed by atoms with Crippen LogP contribution in [0.1, 0.15) is 29.3 Å². The normalized spacial score (nSPS) is 15.4. The standard InChI is InChI=1S/C22H27N3O5S/c1-22(21(27)23-28,31(4,29)30)11-12-25-14-17-13-16(7-10-19(17)20(25)26)15-5-8-18(9-6-15)24(2)3/h5-10,13,28H,11-12,14H2,1-4H3,(H,23,27). The maximum Gasteiger partial charge on any atom is 0.264 e. The Kier molecular flexibility index (Phi) is 6.11. The van der Waals surface area contributed by atoms with Crippen LogP contribution < -0.4 is 10.4 Å². The van der Waals surface area contributed by atoms with Crippen molar-refractivity contribution in [3.63, 3.8) is 0 Å². The zero-order chi connectivity index (χ0) is 23.0. The van der Waals surface area contributed by atoms with Crippen LogP contribution in [0.5, 0.6) is 0 Å². The van der Waals surface area contributed by atoms with Crippen molar-refractivity contribution in [3.05, 3.63) is 53.6 Å². The average molecular weight is 446 g/mol. The molecule has 0 fully saturated rings. The summed E-state index contributed by atoms with van der Waals surface area (Å²) >= 11 is 0. The number of anilines is 1. The number of rotatable bonds is 7. The van der Waals surface area contributed by atoms with Crippen molar-refractivity contribution >= 4 is 27.3 Å². The number of hydrogen-bond donors (Lipinski definition) is 2. The number of carbonyl (C=O) groups is 2. The van der Waals surface area contributed by atoms with E-state index in [0.29, 0.717) is 12.1 Å². The van der Waals surface area contributed by atoms with Gasteiger partial charge in [-0.05, 0) is 54.3 Å². The van der Waals surface area contributed by atoms with Crippen molar-refractivity contribution < 1.29 is 23.2 Å². The fraction of sp³-hybridized carbons (Fsp3) is 0.364. The molecule has 0 aromatic heterocycles. The van der Waals surface area contributed by atoms with Crippen LogP contribution in [0, 0.1) is 0 Å². The van der Waals surface area contributed by atoms with E-state index in [1.54, 1.807) is 6.07 Å². The first-order valence-corrected chi connectivity index (χ1v) is 11.7. The van der Waals surface area contributed by atoms with Crippen molar-refractivity contribution in [2.45, 2.75) is 24.6 Å². The molecule has 2 aromatic rings. The molecule has 2 aromatic carbocycles. The average Bonchev–Trinajstić information content (AvgIpc) is 3.05. The predicted octanol–water partition coefficient (Wildman–Crippen LogP) is 2.07. The molecular formula is C22H27N3O5S. The zero-order valence-corrected chi connectivity index (χ0v) is 18.9. The van der Waals surface area contributed by atoms with E-state index in [1.165, 1.54) is 17.3 Å². The highest BCUT2D eigenvalue weighted by atomic mass is 32.2. The lowest BCUT2D eigenvalue weighted by atomic mass is 10.0. The quantitative estimate of drug-likeness (QED) is 0.499. The third-order valence-electron chi connectivity index (χ3n) is 5.96. The summed E-state index contributed by atoms with van der Waals surface area (Å²) in [6.45, 7) is 1.65. The van der Waals surface area contributed by atoms with E-state index in [0.717, 1.165) is 28.6 Å². The molecule has 1 unspecified atom stereocenters. The van der Waals surface area contributed by atoms with Crippen molar-refractivity contribution in [2.75, 3.05) is 31.8 Å². The van der Waals surface area contributed by atoms with Crippen LogP contribution in [0.25, 0.3) is 11.1 Å². The highest BCUT2D eigenvalue weighted by Crippen LogP contribution is 2.31. The van der Waals surface area contributed by atoms with E-state index < -0.39 is 20.5 Å². The second-order valence-electron chi connectivity index (χ2n) is 8.23. The topological polar surface area (TPSA) is 107 Å². The van der Waals surface area contributed by atoms with Gasteiger partial charge in [-0.2, -0.15) is 0 Å². The molecular weight excluding hydrogens is 418 g/mol. The van der Waals surface area contributed by atoms with E-state index in [1.807, 2.05) is 55.4 Å². The third-order valence-corrected chi connectivity index (χ3v) is 7.99. The molecule has 2 N–H and O–H groups in total. The van der Waals surface area contributed by atoms with E-state index >= 15 is 0 Å². The lowest BCUT2D eigenvalue weighted by Crippen LogP contribution is -2.50. The Hall–Kier alpha value is -2.91. The number of hydroxylamine groups is 1. The summed E-state index contributed by atoms with van der Waals surface area (Å²) in [7, 11) is 0.133. The number of hydrogen-bond acceptors (Lipinski definition) is 6. The Morgan fingerprint density at radius 3 is 2.32 bits per heavy atom. The van der Waals surface area contributed by atoms with Crippen molar-refractivity contribution in [1.29, 1.82) is 0 Å². The van der Waals surface area contributed by atoms with Crippen LogP contribution in [0.2, 0.25) is 0 Å². The van der Waals surface area contributed by atoms with Gasteiger partial charge in [-0.25, -0.2) is 13.9 Å². The van der Waals surface area contributed by atoms with Gasteiger partial charge < -0.3 is 9.80 Å². The first-order valence-electron chi connectivity index (χ1n) is 9.82. The summed E-state index contributed by atoms with van der Waals surface area (Å²) in [5.41, 5.74) is 5.96. The number of carbonyl (C=O) groups excluding carboxylic acids is 2. The van der Waals surface area contributed by atoms with E-state index in [2.05, 4.69) is 0 Å². The molecule has 1 atom stereocenters. The fourth-order valence-corrected chi connectivity index (χ4v) is 4.47. The van der Waals surface area contributed by atoms with Gasteiger partial charge in [0.1, 0.15) is 0 Å². The molecule has 0 saturated heterocycles. The largest absolute Gasteiger partial charge is 0.378 e. The van der Waals surface area contributed by atoms with E-state index in [-0.39, 0.29) is 18.9 Å². The Morgan fingerprint density at radius 1 is 1.16 bits per heavy atom. The van der Waals surface area contributed by atoms with Crippen LogP contribution in [-0.4, -0.2) is 62.0 Å². The van der Waals surface area contributed by atoms with Crippen molar-refractivity contribution in [2.24, 2.45) is 0 Å². The van der Waals surface area contributed by atoms with Crippen LogP contribution in [0.4, 0.5) is 5.69 Å². The molecule has 0 radical (unpaired) electrons. The number of fused-ring (bicyclic) bond motifs is 1. The first kappa shape index (κ1) is 22.8. The molecule has 8 nitrogen and oxygen atoms in total. The van der Waals surface area contributed by atoms with Crippen LogP contribution in [-0.2, 0) is 21.2 Å². The summed E-state index contributed by atoms with van der Waals surface area (Å²) in [4.78, 5) is 28.3. The summed E-state index contributed by atoms with van der Waals surface area (Å²) in [5, 5.41) is 8.96. The molecule has 166 valence electrons. The van der Waals surface area contributed by atoms with Gasteiger partial charge in [-0.15, -0.1) is 0 Å². The van der Waals surface area contributed by atoms with Crippen LogP contribution >= 0.6 is 0 Å². The smallest absolute Gasteiger partial charge is 0.264 e. The van der Waals surface area contributed by atoms with Crippen molar-refractivity contribution in [1.82, 2.24) is 10.4 Å². The SMILES string of the molecule is CN(C)c1ccc(-c2ccc3c(c2)CN(CCC(C)(C(=O)NO)S(C)(=O)=O)C3=O)cc1. The maximum absolute atomic E-state index is 12.8. The highest BCUT2D eigenvalue weighted by molar-refractivity contribution is 7.92. The van der Waals surface area contributed by atoms with Gasteiger partial charge in [0, 0.05) is 44.7 Å². The minimum absolute atomic E-state index is 0.0668. The van der Waals surface area contributed by atoms with Gasteiger partial charge in [-0.1, -0.05) is 18.2 Å². The lowest BCUT2D eigenvalue weighted by Gasteiger charge is -2.27. The zero-order valence-electron chi connectivity index (χ0n) is 18.0. The molecule has 1 aliphatic heterocycles. The lowest BCUT2D eigenvalue weighted by molar-refractivity contribution is -0.131. The van der Waals surface area contributed by atoms with Gasteiger partial charge in [0.2, 0.25) is 0 Å². The third kappa shape index (κ3) is 4.28. The molecule has 3 rings (SSSR count). The van der Waals surface area contributed by atoms with Gasteiger partial charge in [0.15, 0.2) is 14.6 Å². The Balaban J connectivity index is 1.79. The molecule has 0 saturated carbocycles. The second-order valence-corrected chi connectivity index (χ2v) is 10.7. The van der Waals surface area contributed by atoms with Gasteiger partial charge in [-0.3, -0.25) is 14.8 Å². The first-order chi connectivity index (χ1) is 14.5. The van der Waals surface area contributed by atoms with Gasteiger partial charge in [0.25, 0.3) is 11.8 Å². The van der Waals surface area contributed by atoms with Gasteiger partial charge in [0.05, 0.1) is 0 Å². The summed E-state index contributed by atoms with van der Waals surface area (Å²) < 4.78 is 22.5. The molecule has 0 bridgehead atoms. The molecule has 1 aliphatic rings. The Bertz CT molecular complexity index is 1110. The summed E-state index contributed by atoms with van der Waals surface area (Å²) in [6.07, 6.45) is 0.813. The highest BCUT2D eigenvalue weighted by Gasteiger charge is 2.44. The minimum Gasteiger partial charge on any atom is -0.378 e. The second kappa shape index (κ2) is 8.32. The fourth-order valence-electron chi connectivity index (χ4n) is 3.63. The van der Waals surface area contributed by atoms with E-state index in [4.69, 9.17) is 5.21 Å². The number of sulfone groups is 1. The maximum atomic E-state index is 12.8. The Morgan fingerprint density at radius 2 is 1.77 bits per heavy atom. The molecule has 31 heavy (non-hydrogen) atoms. The number of nitrogens with one attached hydrogen (secondary N) is 1. The molecule has 2 amide bonds. The molecule has 0 spiro atoms. The van der Waals surface area contributed by atoms with Gasteiger partial charge >= 0.3 is 0 Å². The predicted molar refractivity (Wildman–Crippen MR) is 119 cm³/mol. The number of amides is 2. The van der Waals surface area contributed by atoms with Crippen LogP contribution in [0.15, 0.2) is 42.5 Å². The molecule has 9 heteroatoms. The van der Waals surface area contributed by atoms with Crippen molar-refractivity contribution in [3.8, 4) is 11.1 Å².